The SMILES string of the molecule is CC(CN1CCC(NC(=O)c2ccccc2)CC1)c1ccc(C(=O)c2ccccc2)cc1. The van der Waals surface area contributed by atoms with Crippen LogP contribution in [-0.4, -0.2) is 42.3 Å². The first-order chi connectivity index (χ1) is 15.6. The maximum absolute atomic E-state index is 12.6. The fourth-order valence-corrected chi connectivity index (χ4v) is 4.33. The molecular weight excluding hydrogens is 396 g/mol. The number of hydrogen-bond acceptors (Lipinski definition) is 3. The van der Waals surface area contributed by atoms with Crippen LogP contribution < -0.4 is 5.32 Å². The normalized spacial score (nSPS) is 15.8. The van der Waals surface area contributed by atoms with Crippen LogP contribution >= 0.6 is 0 Å². The monoisotopic (exact) mass is 426 g/mol. The molecule has 0 bridgehead atoms. The first-order valence-corrected chi connectivity index (χ1v) is 11.4. The van der Waals surface area contributed by atoms with E-state index in [1.54, 1.807) is 0 Å². The van der Waals surface area contributed by atoms with Crippen LogP contribution in [0.3, 0.4) is 0 Å². The number of benzene rings is 3. The Bertz CT molecular complexity index is 1020. The zero-order valence-electron chi connectivity index (χ0n) is 18.5. The second kappa shape index (κ2) is 10.4. The molecular formula is C28H30N2O2. The zero-order valence-corrected chi connectivity index (χ0v) is 18.5. The molecule has 1 aliphatic rings. The summed E-state index contributed by atoms with van der Waals surface area (Å²) in [6.45, 7) is 5.17. The molecule has 1 aliphatic heterocycles. The first-order valence-electron chi connectivity index (χ1n) is 11.4. The number of likely N-dealkylation sites (tertiary alicyclic amines) is 1. The Morgan fingerprint density at radius 2 is 1.34 bits per heavy atom. The van der Waals surface area contributed by atoms with E-state index in [0.29, 0.717) is 5.92 Å². The summed E-state index contributed by atoms with van der Waals surface area (Å²) in [6, 6.07) is 27.1. The Hall–Kier alpha value is -3.24. The fraction of sp³-hybridized carbons (Fsp3) is 0.286. The number of carbonyl (C=O) groups excluding carboxylic acids is 2. The van der Waals surface area contributed by atoms with Crippen LogP contribution in [0.25, 0.3) is 0 Å². The smallest absolute Gasteiger partial charge is 0.251 e. The average molecular weight is 427 g/mol. The van der Waals surface area contributed by atoms with Crippen molar-refractivity contribution in [3.05, 3.63) is 107 Å². The lowest BCUT2D eigenvalue weighted by atomic mass is 9.95. The van der Waals surface area contributed by atoms with Crippen molar-refractivity contribution >= 4 is 11.7 Å². The van der Waals surface area contributed by atoms with Gasteiger partial charge in [0.2, 0.25) is 0 Å². The Morgan fingerprint density at radius 1 is 0.812 bits per heavy atom. The third-order valence-corrected chi connectivity index (χ3v) is 6.27. The Kier molecular flexibility index (Phi) is 7.13. The molecule has 1 N–H and O–H groups in total. The second-order valence-electron chi connectivity index (χ2n) is 8.63. The van der Waals surface area contributed by atoms with E-state index in [1.165, 1.54) is 5.56 Å². The minimum atomic E-state index is 0.0163. The van der Waals surface area contributed by atoms with Crippen molar-refractivity contribution in [1.82, 2.24) is 10.2 Å². The molecule has 4 rings (SSSR count). The van der Waals surface area contributed by atoms with E-state index in [-0.39, 0.29) is 17.7 Å². The van der Waals surface area contributed by atoms with E-state index in [9.17, 15) is 9.59 Å². The zero-order chi connectivity index (χ0) is 22.3. The van der Waals surface area contributed by atoms with Crippen molar-refractivity contribution in [1.29, 1.82) is 0 Å². The predicted molar refractivity (Wildman–Crippen MR) is 128 cm³/mol. The molecule has 1 amide bonds. The number of hydrogen-bond donors (Lipinski definition) is 1. The van der Waals surface area contributed by atoms with Gasteiger partial charge in [0.25, 0.3) is 5.91 Å². The highest BCUT2D eigenvalue weighted by Crippen LogP contribution is 2.21. The maximum atomic E-state index is 12.6. The second-order valence-corrected chi connectivity index (χ2v) is 8.63. The molecule has 1 atom stereocenters. The average Bonchev–Trinajstić information content (AvgIpc) is 2.86. The van der Waals surface area contributed by atoms with E-state index in [4.69, 9.17) is 0 Å². The van der Waals surface area contributed by atoms with Gasteiger partial charge in [-0.3, -0.25) is 9.59 Å². The molecule has 1 unspecified atom stereocenters. The minimum Gasteiger partial charge on any atom is -0.349 e. The molecule has 3 aromatic carbocycles. The van der Waals surface area contributed by atoms with Gasteiger partial charge in [0, 0.05) is 42.4 Å². The Balaban J connectivity index is 1.26. The lowest BCUT2D eigenvalue weighted by Crippen LogP contribution is -2.45. The summed E-state index contributed by atoms with van der Waals surface area (Å²) in [6.07, 6.45) is 1.94. The van der Waals surface area contributed by atoms with Crippen molar-refractivity contribution in [2.75, 3.05) is 19.6 Å². The molecule has 3 aromatic rings. The number of nitrogens with one attached hydrogen (secondary N) is 1. The fourth-order valence-electron chi connectivity index (χ4n) is 4.33. The van der Waals surface area contributed by atoms with Crippen molar-refractivity contribution in [2.24, 2.45) is 0 Å². The Morgan fingerprint density at radius 3 is 1.94 bits per heavy atom. The van der Waals surface area contributed by atoms with E-state index in [0.717, 1.165) is 49.2 Å². The molecule has 0 spiro atoms. The minimum absolute atomic E-state index is 0.0163. The van der Waals surface area contributed by atoms with Crippen LogP contribution in [0.2, 0.25) is 0 Å². The van der Waals surface area contributed by atoms with Gasteiger partial charge in [-0.15, -0.1) is 0 Å². The number of piperidine rings is 1. The van der Waals surface area contributed by atoms with E-state index >= 15 is 0 Å². The molecule has 0 saturated carbocycles. The number of rotatable bonds is 7. The summed E-state index contributed by atoms with van der Waals surface area (Å²) >= 11 is 0. The molecule has 0 aromatic heterocycles. The molecule has 1 fully saturated rings. The molecule has 4 heteroatoms. The van der Waals surface area contributed by atoms with Gasteiger partial charge >= 0.3 is 0 Å². The number of nitrogens with zero attached hydrogens (tertiary/aromatic N) is 1. The molecule has 1 heterocycles. The highest BCUT2D eigenvalue weighted by molar-refractivity contribution is 6.08. The van der Waals surface area contributed by atoms with Crippen LogP contribution in [0, 0.1) is 0 Å². The summed E-state index contributed by atoms with van der Waals surface area (Å²) in [5.74, 6) is 0.457. The van der Waals surface area contributed by atoms with Crippen LogP contribution in [0.1, 0.15) is 57.5 Å². The quantitative estimate of drug-likeness (QED) is 0.546. The van der Waals surface area contributed by atoms with E-state index < -0.39 is 0 Å². The van der Waals surface area contributed by atoms with Crippen LogP contribution in [-0.2, 0) is 0 Å². The van der Waals surface area contributed by atoms with E-state index in [2.05, 4.69) is 29.3 Å². The highest BCUT2D eigenvalue weighted by Gasteiger charge is 2.22. The molecule has 0 radical (unpaired) electrons. The maximum Gasteiger partial charge on any atom is 0.251 e. The topological polar surface area (TPSA) is 49.4 Å². The summed E-state index contributed by atoms with van der Waals surface area (Å²) in [7, 11) is 0. The van der Waals surface area contributed by atoms with Gasteiger partial charge in [0.15, 0.2) is 5.78 Å². The van der Waals surface area contributed by atoms with Crippen molar-refractivity contribution < 1.29 is 9.59 Å². The molecule has 1 saturated heterocycles. The summed E-state index contributed by atoms with van der Waals surface area (Å²) in [4.78, 5) is 27.4. The van der Waals surface area contributed by atoms with Gasteiger partial charge in [0.1, 0.15) is 0 Å². The number of ketones is 1. The van der Waals surface area contributed by atoms with Crippen LogP contribution in [0.15, 0.2) is 84.9 Å². The summed E-state index contributed by atoms with van der Waals surface area (Å²) in [5, 5.41) is 3.17. The van der Waals surface area contributed by atoms with E-state index in [1.807, 2.05) is 72.8 Å². The standard InChI is InChI=1S/C28H30N2O2/c1-21(22-12-14-24(15-13-22)27(31)23-8-4-2-5-9-23)20-30-18-16-26(17-19-30)29-28(32)25-10-6-3-7-11-25/h2-15,21,26H,16-20H2,1H3,(H,29,32). The predicted octanol–water partition coefficient (Wildman–Crippen LogP) is 4.92. The highest BCUT2D eigenvalue weighted by atomic mass is 16.1. The summed E-state index contributed by atoms with van der Waals surface area (Å²) in [5.41, 5.74) is 3.41. The number of amides is 1. The van der Waals surface area contributed by atoms with Crippen molar-refractivity contribution in [3.63, 3.8) is 0 Å². The van der Waals surface area contributed by atoms with Gasteiger partial charge in [-0.05, 0) is 36.5 Å². The lowest BCUT2D eigenvalue weighted by Gasteiger charge is -2.34. The van der Waals surface area contributed by atoms with Crippen LogP contribution in [0.5, 0.6) is 0 Å². The lowest BCUT2D eigenvalue weighted by molar-refractivity contribution is 0.0909. The van der Waals surface area contributed by atoms with Gasteiger partial charge < -0.3 is 10.2 Å². The first kappa shape index (κ1) is 22.0. The van der Waals surface area contributed by atoms with Crippen molar-refractivity contribution in [2.45, 2.75) is 31.7 Å². The molecule has 0 aliphatic carbocycles. The van der Waals surface area contributed by atoms with Crippen LogP contribution in [0.4, 0.5) is 0 Å². The third-order valence-electron chi connectivity index (χ3n) is 6.27. The Labute approximate surface area is 190 Å². The van der Waals surface area contributed by atoms with Gasteiger partial charge in [-0.25, -0.2) is 0 Å². The van der Waals surface area contributed by atoms with Gasteiger partial charge in [0.05, 0.1) is 0 Å². The molecule has 4 nitrogen and oxygen atoms in total. The van der Waals surface area contributed by atoms with Crippen molar-refractivity contribution in [3.8, 4) is 0 Å². The summed E-state index contributed by atoms with van der Waals surface area (Å²) < 4.78 is 0. The molecule has 32 heavy (non-hydrogen) atoms. The third kappa shape index (κ3) is 5.51. The van der Waals surface area contributed by atoms with Gasteiger partial charge in [-0.2, -0.15) is 0 Å². The number of carbonyl (C=O) groups is 2. The largest absolute Gasteiger partial charge is 0.349 e. The molecule has 164 valence electrons. The van der Waals surface area contributed by atoms with Gasteiger partial charge in [-0.1, -0.05) is 79.7 Å².